The zero-order chi connectivity index (χ0) is 13.8. The average molecular weight is 256 g/mol. The third-order valence-electron chi connectivity index (χ3n) is 3.83. The van der Waals surface area contributed by atoms with E-state index in [9.17, 15) is 0 Å². The highest BCUT2D eigenvalue weighted by Crippen LogP contribution is 2.20. The highest BCUT2D eigenvalue weighted by Gasteiger charge is 2.34. The Morgan fingerprint density at radius 3 is 2.50 bits per heavy atom. The van der Waals surface area contributed by atoms with Gasteiger partial charge in [0, 0.05) is 37.8 Å². The van der Waals surface area contributed by atoms with Gasteiger partial charge in [0.2, 0.25) is 0 Å². The van der Waals surface area contributed by atoms with E-state index >= 15 is 0 Å². The average Bonchev–Trinajstić information content (AvgIpc) is 2.25. The van der Waals surface area contributed by atoms with E-state index in [0.29, 0.717) is 17.9 Å². The van der Waals surface area contributed by atoms with Crippen molar-refractivity contribution in [1.82, 2.24) is 10.2 Å². The molecule has 0 spiro atoms. The van der Waals surface area contributed by atoms with E-state index in [1.165, 1.54) is 0 Å². The number of hydrogen-bond acceptors (Lipinski definition) is 3. The Morgan fingerprint density at radius 1 is 1.28 bits per heavy atom. The van der Waals surface area contributed by atoms with Gasteiger partial charge in [0.1, 0.15) is 0 Å². The molecule has 0 aliphatic carbocycles. The minimum absolute atomic E-state index is 0.243. The zero-order valence-corrected chi connectivity index (χ0v) is 13.1. The van der Waals surface area contributed by atoms with Crippen LogP contribution in [-0.2, 0) is 4.74 Å². The van der Waals surface area contributed by atoms with Gasteiger partial charge >= 0.3 is 0 Å². The molecule has 1 heterocycles. The lowest BCUT2D eigenvalue weighted by Gasteiger charge is -2.47. The van der Waals surface area contributed by atoms with Gasteiger partial charge < -0.3 is 10.1 Å². The first-order valence-corrected chi connectivity index (χ1v) is 7.39. The van der Waals surface area contributed by atoms with Crippen LogP contribution in [0.25, 0.3) is 0 Å². The van der Waals surface area contributed by atoms with E-state index in [1.807, 2.05) is 0 Å². The molecule has 1 atom stereocenters. The molecule has 1 N–H and O–H groups in total. The van der Waals surface area contributed by atoms with Crippen LogP contribution in [0.2, 0.25) is 0 Å². The second kappa shape index (κ2) is 6.88. The van der Waals surface area contributed by atoms with E-state index in [-0.39, 0.29) is 5.54 Å². The van der Waals surface area contributed by atoms with E-state index in [1.54, 1.807) is 0 Å². The van der Waals surface area contributed by atoms with Crippen molar-refractivity contribution >= 4 is 0 Å². The standard InChI is InChI=1S/C15H32N2O/c1-12(2)10-18-8-7-17-9-14(13(3)4)16-11-15(17,5)6/h12-14,16H,7-11H2,1-6H3. The van der Waals surface area contributed by atoms with Gasteiger partial charge in [-0.1, -0.05) is 27.7 Å². The third kappa shape index (κ3) is 4.87. The number of ether oxygens (including phenoxy) is 1. The summed E-state index contributed by atoms with van der Waals surface area (Å²) in [4.78, 5) is 2.58. The molecule has 0 bridgehead atoms. The van der Waals surface area contributed by atoms with Crippen LogP contribution in [0.3, 0.4) is 0 Å². The van der Waals surface area contributed by atoms with Crippen LogP contribution in [0.1, 0.15) is 41.5 Å². The van der Waals surface area contributed by atoms with Gasteiger partial charge in [0.25, 0.3) is 0 Å². The highest BCUT2D eigenvalue weighted by atomic mass is 16.5. The molecular weight excluding hydrogens is 224 g/mol. The summed E-state index contributed by atoms with van der Waals surface area (Å²) in [6.07, 6.45) is 0. The van der Waals surface area contributed by atoms with Crippen molar-refractivity contribution in [2.75, 3.05) is 32.8 Å². The van der Waals surface area contributed by atoms with Crippen LogP contribution in [0.5, 0.6) is 0 Å². The van der Waals surface area contributed by atoms with Crippen LogP contribution >= 0.6 is 0 Å². The Labute approximate surface area is 113 Å². The second-order valence-corrected chi connectivity index (χ2v) is 6.96. The SMILES string of the molecule is CC(C)COCCN1CC(C(C)C)NCC1(C)C. The van der Waals surface area contributed by atoms with Crippen molar-refractivity contribution in [2.45, 2.75) is 53.1 Å². The Kier molecular flexibility index (Phi) is 6.09. The Bertz CT molecular complexity index is 239. The number of hydrogen-bond donors (Lipinski definition) is 1. The molecule has 18 heavy (non-hydrogen) atoms. The smallest absolute Gasteiger partial charge is 0.0593 e. The molecule has 108 valence electrons. The molecule has 1 saturated heterocycles. The predicted molar refractivity (Wildman–Crippen MR) is 77.9 cm³/mol. The van der Waals surface area contributed by atoms with Gasteiger partial charge in [-0.3, -0.25) is 4.90 Å². The largest absolute Gasteiger partial charge is 0.380 e. The van der Waals surface area contributed by atoms with E-state index in [4.69, 9.17) is 4.74 Å². The maximum absolute atomic E-state index is 5.72. The predicted octanol–water partition coefficient (Wildman–Crippen LogP) is 2.37. The molecule has 1 aliphatic rings. The van der Waals surface area contributed by atoms with Crippen molar-refractivity contribution in [3.8, 4) is 0 Å². The van der Waals surface area contributed by atoms with Crippen LogP contribution in [-0.4, -0.2) is 49.3 Å². The summed E-state index contributed by atoms with van der Waals surface area (Å²) in [6, 6.07) is 0.614. The summed E-state index contributed by atoms with van der Waals surface area (Å²) in [5, 5.41) is 3.66. The molecule has 0 aromatic carbocycles. The first kappa shape index (κ1) is 15.9. The van der Waals surface area contributed by atoms with Gasteiger partial charge in [-0.15, -0.1) is 0 Å². The van der Waals surface area contributed by atoms with Crippen LogP contribution in [0, 0.1) is 11.8 Å². The monoisotopic (exact) mass is 256 g/mol. The Hall–Kier alpha value is -0.120. The first-order chi connectivity index (χ1) is 8.33. The fourth-order valence-electron chi connectivity index (χ4n) is 2.38. The van der Waals surface area contributed by atoms with Crippen LogP contribution in [0.4, 0.5) is 0 Å². The molecule has 3 heteroatoms. The lowest BCUT2D eigenvalue weighted by molar-refractivity contribution is 0.0168. The molecule has 0 radical (unpaired) electrons. The van der Waals surface area contributed by atoms with Gasteiger partial charge in [0.05, 0.1) is 6.61 Å². The van der Waals surface area contributed by atoms with Crippen molar-refractivity contribution in [3.63, 3.8) is 0 Å². The van der Waals surface area contributed by atoms with Gasteiger partial charge in [-0.2, -0.15) is 0 Å². The summed E-state index contributed by atoms with van der Waals surface area (Å²) in [5.41, 5.74) is 0.243. The van der Waals surface area contributed by atoms with E-state index < -0.39 is 0 Å². The molecule has 1 aliphatic heterocycles. The van der Waals surface area contributed by atoms with Crippen molar-refractivity contribution in [1.29, 1.82) is 0 Å². The van der Waals surface area contributed by atoms with Crippen molar-refractivity contribution in [3.05, 3.63) is 0 Å². The fraction of sp³-hybridized carbons (Fsp3) is 1.00. The number of nitrogens with one attached hydrogen (secondary N) is 1. The molecule has 3 nitrogen and oxygen atoms in total. The second-order valence-electron chi connectivity index (χ2n) is 6.96. The first-order valence-electron chi connectivity index (χ1n) is 7.39. The maximum atomic E-state index is 5.72. The van der Waals surface area contributed by atoms with Gasteiger partial charge in [-0.25, -0.2) is 0 Å². The third-order valence-corrected chi connectivity index (χ3v) is 3.83. The molecule has 1 unspecified atom stereocenters. The number of piperazine rings is 1. The minimum Gasteiger partial charge on any atom is -0.380 e. The minimum atomic E-state index is 0.243. The number of rotatable bonds is 6. The van der Waals surface area contributed by atoms with E-state index in [0.717, 1.165) is 32.8 Å². The summed E-state index contributed by atoms with van der Waals surface area (Å²) < 4.78 is 5.72. The molecule has 1 rings (SSSR count). The lowest BCUT2D eigenvalue weighted by atomic mass is 9.93. The summed E-state index contributed by atoms with van der Waals surface area (Å²) >= 11 is 0. The van der Waals surface area contributed by atoms with Crippen molar-refractivity contribution < 1.29 is 4.74 Å². The Balaban J connectivity index is 2.39. The summed E-state index contributed by atoms with van der Waals surface area (Å²) in [6.45, 7) is 18.6. The quantitative estimate of drug-likeness (QED) is 0.738. The van der Waals surface area contributed by atoms with E-state index in [2.05, 4.69) is 51.8 Å². The molecule has 0 saturated carbocycles. The summed E-state index contributed by atoms with van der Waals surface area (Å²) in [7, 11) is 0. The molecule has 0 amide bonds. The van der Waals surface area contributed by atoms with Crippen molar-refractivity contribution in [2.24, 2.45) is 11.8 Å². The van der Waals surface area contributed by atoms with Crippen LogP contribution in [0.15, 0.2) is 0 Å². The Morgan fingerprint density at radius 2 is 1.94 bits per heavy atom. The highest BCUT2D eigenvalue weighted by molar-refractivity contribution is 4.93. The number of nitrogens with zero attached hydrogens (tertiary/aromatic N) is 1. The molecule has 0 aromatic rings. The van der Waals surface area contributed by atoms with Crippen LogP contribution < -0.4 is 5.32 Å². The maximum Gasteiger partial charge on any atom is 0.0593 e. The summed E-state index contributed by atoms with van der Waals surface area (Å²) in [5.74, 6) is 1.32. The molecule has 0 aromatic heterocycles. The van der Waals surface area contributed by atoms with Gasteiger partial charge in [-0.05, 0) is 25.7 Å². The van der Waals surface area contributed by atoms with Gasteiger partial charge in [0.15, 0.2) is 0 Å². The fourth-order valence-corrected chi connectivity index (χ4v) is 2.38. The topological polar surface area (TPSA) is 24.5 Å². The normalized spacial score (nSPS) is 25.0. The lowest BCUT2D eigenvalue weighted by Crippen LogP contribution is -2.63. The zero-order valence-electron chi connectivity index (χ0n) is 13.1. The molecule has 1 fully saturated rings. The molecular formula is C15H32N2O.